The number of hydrogen-bond donors (Lipinski definition) is 0. The first-order valence-corrected chi connectivity index (χ1v) is 4.28. The molecule has 0 fully saturated rings. The Labute approximate surface area is 78.3 Å². The maximum Gasteiger partial charge on any atom is 0.0592 e. The standard InChI is InChI=1S/C7H5BrCl2/c1-4-6(9)3-2-5(8)7(4)10/h2-3H,1H3. The lowest BCUT2D eigenvalue weighted by Crippen LogP contribution is -1.77. The van der Waals surface area contributed by atoms with Crippen LogP contribution in [-0.2, 0) is 0 Å². The highest BCUT2D eigenvalue weighted by atomic mass is 79.9. The number of benzene rings is 1. The summed E-state index contributed by atoms with van der Waals surface area (Å²) in [6, 6.07) is 3.64. The molecule has 54 valence electrons. The van der Waals surface area contributed by atoms with Crippen LogP contribution >= 0.6 is 39.1 Å². The molecule has 0 aliphatic carbocycles. The Morgan fingerprint density at radius 1 is 1.30 bits per heavy atom. The summed E-state index contributed by atoms with van der Waals surface area (Å²) in [5.74, 6) is 0. The molecule has 0 atom stereocenters. The molecule has 1 rings (SSSR count). The van der Waals surface area contributed by atoms with Gasteiger partial charge >= 0.3 is 0 Å². The van der Waals surface area contributed by atoms with Crippen molar-refractivity contribution in [1.82, 2.24) is 0 Å². The second kappa shape index (κ2) is 3.12. The maximum absolute atomic E-state index is 5.85. The molecule has 0 heterocycles. The minimum Gasteiger partial charge on any atom is -0.0840 e. The predicted molar refractivity (Wildman–Crippen MR) is 48.9 cm³/mol. The van der Waals surface area contributed by atoms with Gasteiger partial charge in [-0.25, -0.2) is 0 Å². The van der Waals surface area contributed by atoms with Crippen molar-refractivity contribution in [2.24, 2.45) is 0 Å². The van der Waals surface area contributed by atoms with Gasteiger partial charge in [0.2, 0.25) is 0 Å². The van der Waals surface area contributed by atoms with Gasteiger partial charge in [0.15, 0.2) is 0 Å². The maximum atomic E-state index is 5.85. The van der Waals surface area contributed by atoms with E-state index in [4.69, 9.17) is 23.2 Å². The minimum atomic E-state index is 0.688. The van der Waals surface area contributed by atoms with Crippen LogP contribution in [0.25, 0.3) is 0 Å². The molecule has 0 saturated heterocycles. The van der Waals surface area contributed by atoms with Crippen molar-refractivity contribution in [2.45, 2.75) is 6.92 Å². The minimum absolute atomic E-state index is 0.688. The zero-order valence-electron chi connectivity index (χ0n) is 5.29. The molecule has 0 unspecified atom stereocenters. The Morgan fingerprint density at radius 3 is 2.40 bits per heavy atom. The monoisotopic (exact) mass is 238 g/mol. The third kappa shape index (κ3) is 1.47. The highest BCUT2D eigenvalue weighted by Crippen LogP contribution is 2.30. The topological polar surface area (TPSA) is 0 Å². The van der Waals surface area contributed by atoms with Gasteiger partial charge in [-0.1, -0.05) is 23.2 Å². The Balaban J connectivity index is 3.34. The molecular formula is C7H5BrCl2. The van der Waals surface area contributed by atoms with Crippen LogP contribution in [0.1, 0.15) is 5.56 Å². The van der Waals surface area contributed by atoms with Crippen LogP contribution in [0, 0.1) is 6.92 Å². The van der Waals surface area contributed by atoms with Crippen molar-refractivity contribution in [1.29, 1.82) is 0 Å². The third-order valence-electron chi connectivity index (χ3n) is 1.27. The fourth-order valence-corrected chi connectivity index (χ4v) is 1.43. The molecule has 0 aromatic heterocycles. The zero-order valence-corrected chi connectivity index (χ0v) is 8.39. The SMILES string of the molecule is Cc1c(Cl)ccc(Br)c1Cl. The van der Waals surface area contributed by atoms with Gasteiger partial charge in [0, 0.05) is 9.50 Å². The van der Waals surface area contributed by atoms with E-state index in [-0.39, 0.29) is 0 Å². The van der Waals surface area contributed by atoms with Crippen LogP contribution < -0.4 is 0 Å². The molecule has 3 heteroatoms. The smallest absolute Gasteiger partial charge is 0.0592 e. The molecule has 0 amide bonds. The molecular weight excluding hydrogens is 235 g/mol. The fraction of sp³-hybridized carbons (Fsp3) is 0.143. The van der Waals surface area contributed by atoms with Crippen molar-refractivity contribution >= 4 is 39.1 Å². The van der Waals surface area contributed by atoms with Crippen molar-refractivity contribution in [3.63, 3.8) is 0 Å². The summed E-state index contributed by atoms with van der Waals surface area (Å²) in [5, 5.41) is 1.39. The first-order valence-electron chi connectivity index (χ1n) is 2.73. The molecule has 0 N–H and O–H groups in total. The van der Waals surface area contributed by atoms with E-state index in [0.717, 1.165) is 10.0 Å². The average Bonchev–Trinajstić information content (AvgIpc) is 1.93. The molecule has 0 aliphatic heterocycles. The summed E-state index contributed by atoms with van der Waals surface area (Å²) in [7, 11) is 0. The first-order chi connectivity index (χ1) is 4.63. The van der Waals surface area contributed by atoms with E-state index in [2.05, 4.69) is 15.9 Å². The summed E-state index contributed by atoms with van der Waals surface area (Å²) in [5.41, 5.74) is 0.915. The molecule has 10 heavy (non-hydrogen) atoms. The number of rotatable bonds is 0. The number of hydrogen-bond acceptors (Lipinski definition) is 0. The van der Waals surface area contributed by atoms with Crippen molar-refractivity contribution in [2.75, 3.05) is 0 Å². The van der Waals surface area contributed by atoms with Gasteiger partial charge in [0.05, 0.1) is 5.02 Å². The Bertz CT molecular complexity index is 231. The van der Waals surface area contributed by atoms with Gasteiger partial charge in [-0.3, -0.25) is 0 Å². The lowest BCUT2D eigenvalue weighted by atomic mass is 10.2. The van der Waals surface area contributed by atoms with E-state index in [0.29, 0.717) is 10.0 Å². The quantitative estimate of drug-likeness (QED) is 0.599. The molecule has 0 spiro atoms. The molecule has 0 aliphatic rings. The van der Waals surface area contributed by atoms with Crippen LogP contribution in [0.4, 0.5) is 0 Å². The van der Waals surface area contributed by atoms with Crippen LogP contribution in [-0.4, -0.2) is 0 Å². The van der Waals surface area contributed by atoms with Crippen LogP contribution in [0.5, 0.6) is 0 Å². The lowest BCUT2D eigenvalue weighted by Gasteiger charge is -2.01. The molecule has 0 radical (unpaired) electrons. The van der Waals surface area contributed by atoms with Gasteiger partial charge in [-0.05, 0) is 40.5 Å². The Morgan fingerprint density at radius 2 is 1.90 bits per heavy atom. The summed E-state index contributed by atoms with van der Waals surface area (Å²) in [4.78, 5) is 0. The van der Waals surface area contributed by atoms with E-state index >= 15 is 0 Å². The Kier molecular flexibility index (Phi) is 2.61. The largest absolute Gasteiger partial charge is 0.0840 e. The zero-order chi connectivity index (χ0) is 7.72. The second-order valence-electron chi connectivity index (χ2n) is 1.97. The summed E-state index contributed by atoms with van der Waals surface area (Å²) in [6.45, 7) is 1.88. The van der Waals surface area contributed by atoms with Crippen molar-refractivity contribution in [3.8, 4) is 0 Å². The van der Waals surface area contributed by atoms with E-state index in [1.165, 1.54) is 0 Å². The Hall–Kier alpha value is 0.280. The van der Waals surface area contributed by atoms with Gasteiger partial charge in [-0.15, -0.1) is 0 Å². The van der Waals surface area contributed by atoms with Crippen LogP contribution in [0.2, 0.25) is 10.0 Å². The predicted octanol–water partition coefficient (Wildman–Crippen LogP) is 4.06. The van der Waals surface area contributed by atoms with E-state index < -0.39 is 0 Å². The summed E-state index contributed by atoms with van der Waals surface area (Å²) in [6.07, 6.45) is 0. The molecule has 1 aromatic rings. The summed E-state index contributed by atoms with van der Waals surface area (Å²) >= 11 is 14.9. The highest BCUT2D eigenvalue weighted by molar-refractivity contribution is 9.10. The summed E-state index contributed by atoms with van der Waals surface area (Å²) < 4.78 is 0.885. The van der Waals surface area contributed by atoms with Crippen molar-refractivity contribution < 1.29 is 0 Å². The normalized spacial score (nSPS) is 10.0. The molecule has 1 aromatic carbocycles. The van der Waals surface area contributed by atoms with Crippen molar-refractivity contribution in [3.05, 3.63) is 32.2 Å². The van der Waals surface area contributed by atoms with Gasteiger partial charge in [0.1, 0.15) is 0 Å². The molecule has 0 saturated carbocycles. The number of halogens is 3. The van der Waals surface area contributed by atoms with Crippen LogP contribution in [0.3, 0.4) is 0 Å². The first kappa shape index (κ1) is 8.38. The average molecular weight is 240 g/mol. The van der Waals surface area contributed by atoms with Gasteiger partial charge < -0.3 is 0 Å². The fourth-order valence-electron chi connectivity index (χ4n) is 0.628. The molecule has 0 bridgehead atoms. The van der Waals surface area contributed by atoms with E-state index in [9.17, 15) is 0 Å². The highest BCUT2D eigenvalue weighted by Gasteiger charge is 2.02. The van der Waals surface area contributed by atoms with Gasteiger partial charge in [0.25, 0.3) is 0 Å². The van der Waals surface area contributed by atoms with Gasteiger partial charge in [-0.2, -0.15) is 0 Å². The third-order valence-corrected chi connectivity index (χ3v) is 3.06. The molecule has 0 nitrogen and oxygen atoms in total. The lowest BCUT2D eigenvalue weighted by molar-refractivity contribution is 1.45. The van der Waals surface area contributed by atoms with E-state index in [1.807, 2.05) is 19.1 Å². The second-order valence-corrected chi connectivity index (χ2v) is 3.61. The van der Waals surface area contributed by atoms with E-state index in [1.54, 1.807) is 0 Å². The van der Waals surface area contributed by atoms with Crippen LogP contribution in [0.15, 0.2) is 16.6 Å².